The molecule has 3 N–H and O–H groups in total. The Morgan fingerprint density at radius 3 is 2.55 bits per heavy atom. The maximum Gasteiger partial charge on any atom is 0.410 e. The van der Waals surface area contributed by atoms with E-state index in [1.807, 2.05) is 69.3 Å². The van der Waals surface area contributed by atoms with E-state index in [0.717, 1.165) is 40.9 Å². The molecule has 0 atom stereocenters. The number of aromatic amines is 1. The highest BCUT2D eigenvalue weighted by Gasteiger charge is 2.26. The Labute approximate surface area is 182 Å². The molecule has 1 amide bonds. The summed E-state index contributed by atoms with van der Waals surface area (Å²) in [6.07, 6.45) is 3.71. The summed E-state index contributed by atoms with van der Waals surface area (Å²) in [5.41, 5.74) is 10.5. The molecular formula is C24H29N5O2. The molecule has 0 spiro atoms. The molecule has 1 saturated heterocycles. The predicted octanol–water partition coefficient (Wildman–Crippen LogP) is 4.37. The number of nitrogens with zero attached hydrogens (tertiary/aromatic N) is 3. The van der Waals surface area contributed by atoms with E-state index in [9.17, 15) is 4.79 Å². The molecule has 7 nitrogen and oxygen atoms in total. The average molecular weight is 420 g/mol. The number of fused-ring (bicyclic) bond motifs is 1. The lowest BCUT2D eigenvalue weighted by molar-refractivity contribution is 0.0240. The Hall–Kier alpha value is -3.48. The molecule has 1 aromatic heterocycles. The van der Waals surface area contributed by atoms with Gasteiger partial charge in [-0.2, -0.15) is 5.10 Å². The summed E-state index contributed by atoms with van der Waals surface area (Å²) in [6.45, 7) is 8.39. The quantitative estimate of drug-likeness (QED) is 0.616. The van der Waals surface area contributed by atoms with Crippen molar-refractivity contribution >= 4 is 40.5 Å². The summed E-state index contributed by atoms with van der Waals surface area (Å²) in [6, 6.07) is 14.1. The molecule has 7 heteroatoms. The minimum Gasteiger partial charge on any atom is -0.444 e. The molecule has 1 aliphatic heterocycles. The standard InChI is InChI=1S/C24H29N5O2/c1-24(2,3)31-23(30)29-14-12-28(13-15-29)18-10-8-17(20(25)16-18)9-11-22-19-6-4-5-7-21(19)26-27-22/h4-11,16H,12-15,25H2,1-3H3,(H,26,27)/b11-9+. The van der Waals surface area contributed by atoms with Gasteiger partial charge in [-0.3, -0.25) is 5.10 Å². The summed E-state index contributed by atoms with van der Waals surface area (Å²) >= 11 is 0. The van der Waals surface area contributed by atoms with Crippen LogP contribution < -0.4 is 10.6 Å². The van der Waals surface area contributed by atoms with Crippen molar-refractivity contribution in [1.29, 1.82) is 0 Å². The number of aromatic nitrogens is 2. The van der Waals surface area contributed by atoms with Crippen LogP contribution in [0.3, 0.4) is 0 Å². The number of benzene rings is 2. The van der Waals surface area contributed by atoms with E-state index in [-0.39, 0.29) is 6.09 Å². The van der Waals surface area contributed by atoms with Crippen molar-refractivity contribution in [1.82, 2.24) is 15.1 Å². The second kappa shape index (κ2) is 8.34. The van der Waals surface area contributed by atoms with Crippen molar-refractivity contribution in [2.24, 2.45) is 0 Å². The minimum absolute atomic E-state index is 0.252. The van der Waals surface area contributed by atoms with Gasteiger partial charge in [0.05, 0.1) is 11.2 Å². The van der Waals surface area contributed by atoms with E-state index in [1.165, 1.54) is 0 Å². The zero-order valence-corrected chi connectivity index (χ0v) is 18.3. The molecule has 1 fully saturated rings. The summed E-state index contributed by atoms with van der Waals surface area (Å²) in [4.78, 5) is 16.3. The zero-order valence-electron chi connectivity index (χ0n) is 18.3. The monoisotopic (exact) mass is 419 g/mol. The van der Waals surface area contributed by atoms with Gasteiger partial charge in [0, 0.05) is 42.9 Å². The van der Waals surface area contributed by atoms with Crippen molar-refractivity contribution in [2.45, 2.75) is 26.4 Å². The fourth-order valence-electron chi connectivity index (χ4n) is 3.66. The lowest BCUT2D eigenvalue weighted by Gasteiger charge is -2.36. The lowest BCUT2D eigenvalue weighted by Crippen LogP contribution is -2.50. The molecule has 0 unspecified atom stereocenters. The smallest absolute Gasteiger partial charge is 0.410 e. The molecule has 0 radical (unpaired) electrons. The SMILES string of the molecule is CC(C)(C)OC(=O)N1CCN(c2ccc(/C=C/c3n[nH]c4ccccc34)c(N)c2)CC1. The van der Waals surface area contributed by atoms with Gasteiger partial charge in [-0.05, 0) is 50.6 Å². The molecule has 162 valence electrons. The number of ether oxygens (including phenoxy) is 1. The largest absolute Gasteiger partial charge is 0.444 e. The van der Waals surface area contributed by atoms with Gasteiger partial charge in [0.15, 0.2) is 0 Å². The third kappa shape index (κ3) is 4.82. The van der Waals surface area contributed by atoms with Gasteiger partial charge < -0.3 is 20.3 Å². The fourth-order valence-corrected chi connectivity index (χ4v) is 3.66. The Kier molecular flexibility index (Phi) is 5.59. The first kappa shape index (κ1) is 20.8. The molecule has 31 heavy (non-hydrogen) atoms. The van der Waals surface area contributed by atoms with E-state index < -0.39 is 5.60 Å². The number of rotatable bonds is 3. The Morgan fingerprint density at radius 2 is 1.84 bits per heavy atom. The normalized spacial score (nSPS) is 15.1. The molecular weight excluding hydrogens is 390 g/mol. The van der Waals surface area contributed by atoms with Crippen molar-refractivity contribution in [3.8, 4) is 0 Å². The topological polar surface area (TPSA) is 87.5 Å². The van der Waals surface area contributed by atoms with Gasteiger partial charge in [0.25, 0.3) is 0 Å². The highest BCUT2D eigenvalue weighted by Crippen LogP contribution is 2.25. The first-order valence-electron chi connectivity index (χ1n) is 10.5. The van der Waals surface area contributed by atoms with Crippen LogP contribution >= 0.6 is 0 Å². The molecule has 1 aliphatic rings. The van der Waals surface area contributed by atoms with Gasteiger partial charge in [-0.1, -0.05) is 30.3 Å². The Bertz CT molecular complexity index is 1100. The van der Waals surface area contributed by atoms with Crippen molar-refractivity contribution in [3.63, 3.8) is 0 Å². The average Bonchev–Trinajstić information content (AvgIpc) is 3.15. The van der Waals surface area contributed by atoms with Crippen LogP contribution in [-0.2, 0) is 4.74 Å². The van der Waals surface area contributed by atoms with Gasteiger partial charge in [-0.15, -0.1) is 0 Å². The second-order valence-corrected chi connectivity index (χ2v) is 8.76. The maximum absolute atomic E-state index is 12.3. The molecule has 0 saturated carbocycles. The number of H-pyrrole nitrogens is 1. The van der Waals surface area contributed by atoms with Gasteiger partial charge in [0.1, 0.15) is 5.60 Å². The minimum atomic E-state index is -0.478. The summed E-state index contributed by atoms with van der Waals surface area (Å²) < 4.78 is 5.47. The van der Waals surface area contributed by atoms with Crippen LogP contribution in [0.25, 0.3) is 23.1 Å². The van der Waals surface area contributed by atoms with Crippen molar-refractivity contribution < 1.29 is 9.53 Å². The molecule has 0 bridgehead atoms. The maximum atomic E-state index is 12.3. The number of anilines is 2. The zero-order chi connectivity index (χ0) is 22.0. The van der Waals surface area contributed by atoms with Crippen LogP contribution in [0.2, 0.25) is 0 Å². The Morgan fingerprint density at radius 1 is 1.10 bits per heavy atom. The second-order valence-electron chi connectivity index (χ2n) is 8.76. The van der Waals surface area contributed by atoms with E-state index in [2.05, 4.69) is 21.2 Å². The van der Waals surface area contributed by atoms with Crippen molar-refractivity contribution in [3.05, 3.63) is 53.7 Å². The number of hydrogen-bond acceptors (Lipinski definition) is 5. The number of amides is 1. The molecule has 2 aromatic carbocycles. The van der Waals surface area contributed by atoms with Crippen LogP contribution in [0.15, 0.2) is 42.5 Å². The number of piperazine rings is 1. The number of nitrogens with one attached hydrogen (secondary N) is 1. The molecule has 2 heterocycles. The molecule has 4 rings (SSSR count). The summed E-state index contributed by atoms with van der Waals surface area (Å²) in [7, 11) is 0. The van der Waals surface area contributed by atoms with Crippen LogP contribution in [-0.4, -0.2) is 53.0 Å². The number of carbonyl (C=O) groups excluding carboxylic acids is 1. The van der Waals surface area contributed by atoms with Crippen LogP contribution in [0.5, 0.6) is 0 Å². The number of carbonyl (C=O) groups is 1. The van der Waals surface area contributed by atoms with Gasteiger partial charge in [0.2, 0.25) is 0 Å². The van der Waals surface area contributed by atoms with E-state index >= 15 is 0 Å². The molecule has 3 aromatic rings. The Balaban J connectivity index is 1.41. The number of hydrogen-bond donors (Lipinski definition) is 2. The van der Waals surface area contributed by atoms with E-state index in [4.69, 9.17) is 10.5 Å². The first-order valence-corrected chi connectivity index (χ1v) is 10.5. The number of para-hydroxylation sites is 1. The third-order valence-corrected chi connectivity index (χ3v) is 5.29. The van der Waals surface area contributed by atoms with E-state index in [1.54, 1.807) is 4.90 Å². The lowest BCUT2D eigenvalue weighted by atomic mass is 10.1. The number of nitrogens with two attached hydrogens (primary N) is 1. The van der Waals surface area contributed by atoms with Gasteiger partial charge in [-0.25, -0.2) is 4.79 Å². The van der Waals surface area contributed by atoms with E-state index in [0.29, 0.717) is 18.8 Å². The van der Waals surface area contributed by atoms with Crippen LogP contribution in [0.1, 0.15) is 32.0 Å². The number of nitrogen functional groups attached to an aromatic ring is 1. The fraction of sp³-hybridized carbons (Fsp3) is 0.333. The summed E-state index contributed by atoms with van der Waals surface area (Å²) in [5.74, 6) is 0. The highest BCUT2D eigenvalue weighted by atomic mass is 16.6. The van der Waals surface area contributed by atoms with Crippen LogP contribution in [0, 0.1) is 0 Å². The summed E-state index contributed by atoms with van der Waals surface area (Å²) in [5, 5.41) is 8.49. The highest BCUT2D eigenvalue weighted by molar-refractivity contribution is 5.90. The van der Waals surface area contributed by atoms with Crippen molar-refractivity contribution in [2.75, 3.05) is 36.8 Å². The third-order valence-electron chi connectivity index (χ3n) is 5.29. The predicted molar refractivity (Wildman–Crippen MR) is 126 cm³/mol. The van der Waals surface area contributed by atoms with Crippen LogP contribution in [0.4, 0.5) is 16.2 Å². The van der Waals surface area contributed by atoms with Gasteiger partial charge >= 0.3 is 6.09 Å². The first-order chi connectivity index (χ1) is 14.8. The molecule has 0 aliphatic carbocycles.